The van der Waals surface area contributed by atoms with Crippen molar-refractivity contribution >= 4 is 27.1 Å². The molecule has 1 aromatic carbocycles. The molecule has 1 fully saturated rings. The highest BCUT2D eigenvalue weighted by Gasteiger charge is 2.33. The third-order valence-corrected chi connectivity index (χ3v) is 7.79. The zero-order chi connectivity index (χ0) is 18.6. The number of nitrogens with zero attached hydrogens (tertiary/aromatic N) is 1. The normalized spacial score (nSPS) is 19.7. The molecule has 0 N–H and O–H groups in total. The number of ether oxygens (including phenoxy) is 1. The molecule has 3 rings (SSSR count). The van der Waals surface area contributed by atoms with Gasteiger partial charge in [-0.2, -0.15) is 0 Å². The van der Waals surface area contributed by atoms with Crippen LogP contribution in [0.4, 0.5) is 0 Å². The van der Waals surface area contributed by atoms with E-state index in [-0.39, 0.29) is 24.6 Å². The predicted molar refractivity (Wildman–Crippen MR) is 103 cm³/mol. The fourth-order valence-corrected chi connectivity index (χ4v) is 6.15. The summed E-state index contributed by atoms with van der Waals surface area (Å²) >= 11 is 1.46. The van der Waals surface area contributed by atoms with Crippen molar-refractivity contribution in [2.24, 2.45) is 0 Å². The lowest BCUT2D eigenvalue weighted by Crippen LogP contribution is -2.34. The third kappa shape index (κ3) is 4.45. The summed E-state index contributed by atoms with van der Waals surface area (Å²) in [6.07, 6.45) is 0.730. The van der Waals surface area contributed by atoms with Crippen LogP contribution < -0.4 is 4.74 Å². The van der Waals surface area contributed by atoms with Crippen LogP contribution in [-0.4, -0.2) is 44.7 Å². The van der Waals surface area contributed by atoms with Crippen LogP contribution in [0.15, 0.2) is 41.8 Å². The fourth-order valence-electron chi connectivity index (χ4n) is 3.14. The van der Waals surface area contributed by atoms with Crippen LogP contribution in [0, 0.1) is 0 Å². The summed E-state index contributed by atoms with van der Waals surface area (Å²) in [5.41, 5.74) is 0.903. The highest BCUT2D eigenvalue weighted by molar-refractivity contribution is 7.91. The smallest absolute Gasteiger partial charge is 0.227 e. The maximum absolute atomic E-state index is 12.6. The van der Waals surface area contributed by atoms with Gasteiger partial charge < -0.3 is 9.64 Å². The van der Waals surface area contributed by atoms with E-state index in [1.54, 1.807) is 4.90 Å². The Hall–Kier alpha value is -1.86. The van der Waals surface area contributed by atoms with Crippen molar-refractivity contribution in [1.82, 2.24) is 4.90 Å². The number of rotatable bonds is 5. The van der Waals surface area contributed by atoms with Crippen molar-refractivity contribution < 1.29 is 17.9 Å². The summed E-state index contributed by atoms with van der Waals surface area (Å²) in [5, 5.41) is 1.40. The zero-order valence-corrected chi connectivity index (χ0v) is 16.4. The highest BCUT2D eigenvalue weighted by atomic mass is 32.2. The fraction of sp³-hybridized carbons (Fsp3) is 0.421. The molecule has 0 saturated carbocycles. The molecule has 1 unspecified atom stereocenters. The lowest BCUT2D eigenvalue weighted by Gasteiger charge is -2.20. The molecule has 140 valence electrons. The van der Waals surface area contributed by atoms with Gasteiger partial charge in [-0.05, 0) is 42.5 Å². The zero-order valence-electron chi connectivity index (χ0n) is 14.8. The van der Waals surface area contributed by atoms with Gasteiger partial charge in [0.2, 0.25) is 5.91 Å². The third-order valence-electron chi connectivity index (χ3n) is 4.54. The number of carbonyl (C=O) groups is 1. The largest absolute Gasteiger partial charge is 0.494 e. The van der Waals surface area contributed by atoms with Gasteiger partial charge in [-0.1, -0.05) is 18.2 Å². The van der Waals surface area contributed by atoms with Crippen molar-refractivity contribution in [3.05, 3.63) is 52.2 Å². The van der Waals surface area contributed by atoms with Crippen LogP contribution in [0.5, 0.6) is 5.75 Å². The van der Waals surface area contributed by atoms with Crippen LogP contribution in [0.2, 0.25) is 0 Å². The molecule has 26 heavy (non-hydrogen) atoms. The van der Waals surface area contributed by atoms with Crippen molar-refractivity contribution in [1.29, 1.82) is 0 Å². The van der Waals surface area contributed by atoms with Crippen LogP contribution in [0.25, 0.3) is 0 Å². The van der Waals surface area contributed by atoms with E-state index in [0.29, 0.717) is 19.6 Å². The molecule has 7 heteroatoms. The number of amides is 1. The molecule has 2 heterocycles. The van der Waals surface area contributed by atoms with Gasteiger partial charge in [-0.15, -0.1) is 11.3 Å². The summed E-state index contributed by atoms with van der Waals surface area (Å²) < 4.78 is 30.6. The second-order valence-electron chi connectivity index (χ2n) is 6.29. The molecule has 0 bridgehead atoms. The Balaban J connectivity index is 1.65. The second-order valence-corrected chi connectivity index (χ2v) is 9.58. The van der Waals surface area contributed by atoms with E-state index in [1.807, 2.05) is 48.7 Å². The van der Waals surface area contributed by atoms with E-state index in [4.69, 9.17) is 4.74 Å². The van der Waals surface area contributed by atoms with Gasteiger partial charge in [0.15, 0.2) is 9.84 Å². The topological polar surface area (TPSA) is 63.7 Å². The van der Waals surface area contributed by atoms with Crippen molar-refractivity contribution in [3.63, 3.8) is 0 Å². The molecular formula is C19H23NO4S2. The average Bonchev–Trinajstić information content (AvgIpc) is 3.08. The van der Waals surface area contributed by atoms with Gasteiger partial charge in [-0.3, -0.25) is 4.79 Å². The molecule has 1 aliphatic rings. The summed E-state index contributed by atoms with van der Waals surface area (Å²) in [7, 11) is -3.23. The van der Waals surface area contributed by atoms with E-state index in [2.05, 4.69) is 0 Å². The molecule has 0 spiro atoms. The van der Waals surface area contributed by atoms with Gasteiger partial charge >= 0.3 is 0 Å². The molecule has 0 radical (unpaired) electrons. The maximum Gasteiger partial charge on any atom is 0.227 e. The molecule has 1 aliphatic heterocycles. The predicted octanol–water partition coefficient (Wildman–Crippen LogP) is 3.08. The van der Waals surface area contributed by atoms with Crippen LogP contribution in [0.1, 0.15) is 29.0 Å². The van der Waals surface area contributed by atoms with Crippen LogP contribution in [-0.2, 0) is 21.1 Å². The minimum atomic E-state index is -3.23. The molecule has 5 nitrogen and oxygen atoms in total. The van der Waals surface area contributed by atoms with Crippen LogP contribution >= 0.6 is 11.3 Å². The Morgan fingerprint density at radius 3 is 2.65 bits per heavy atom. The minimum Gasteiger partial charge on any atom is -0.494 e. The first kappa shape index (κ1) is 18.9. The number of benzene rings is 1. The number of sulfone groups is 1. The van der Waals surface area contributed by atoms with E-state index < -0.39 is 15.1 Å². The molecule has 1 saturated heterocycles. The SMILES string of the molecule is CCOc1ccc(CC(=O)N2CCC(c3cccs3)S(=O)(=O)CC2)cc1. The monoisotopic (exact) mass is 393 g/mol. The average molecular weight is 394 g/mol. The van der Waals surface area contributed by atoms with Gasteiger partial charge in [0, 0.05) is 18.0 Å². The minimum absolute atomic E-state index is 0.0184. The Kier molecular flexibility index (Phi) is 5.98. The summed E-state index contributed by atoms with van der Waals surface area (Å²) in [4.78, 5) is 15.2. The van der Waals surface area contributed by atoms with Crippen molar-refractivity contribution in [2.45, 2.75) is 25.0 Å². The first-order valence-corrected chi connectivity index (χ1v) is 11.3. The van der Waals surface area contributed by atoms with Gasteiger partial charge in [0.1, 0.15) is 5.75 Å². The first-order chi connectivity index (χ1) is 12.5. The van der Waals surface area contributed by atoms with E-state index >= 15 is 0 Å². The Morgan fingerprint density at radius 2 is 2.00 bits per heavy atom. The van der Waals surface area contributed by atoms with Crippen molar-refractivity contribution in [2.75, 3.05) is 25.4 Å². The summed E-state index contributed by atoms with van der Waals surface area (Å²) in [6.45, 7) is 3.26. The second kappa shape index (κ2) is 8.22. The number of hydrogen-bond donors (Lipinski definition) is 0. The molecule has 1 amide bonds. The first-order valence-electron chi connectivity index (χ1n) is 8.74. The number of carbonyl (C=O) groups excluding carboxylic acids is 1. The standard InChI is InChI=1S/C19H23NO4S2/c1-2-24-16-7-5-15(6-8-16)14-19(21)20-10-9-18(17-4-3-12-25-17)26(22,23)13-11-20/h3-8,12,18H,2,9-11,13-14H2,1H3. The van der Waals surface area contributed by atoms with Gasteiger partial charge in [-0.25, -0.2) is 8.42 Å². The number of hydrogen-bond acceptors (Lipinski definition) is 5. The van der Waals surface area contributed by atoms with Gasteiger partial charge in [0.05, 0.1) is 24.0 Å². The quantitative estimate of drug-likeness (QED) is 0.783. The summed E-state index contributed by atoms with van der Waals surface area (Å²) in [6, 6.07) is 11.2. The highest BCUT2D eigenvalue weighted by Crippen LogP contribution is 2.32. The molecule has 0 aliphatic carbocycles. The lowest BCUT2D eigenvalue weighted by molar-refractivity contribution is -0.130. The Morgan fingerprint density at radius 1 is 1.23 bits per heavy atom. The van der Waals surface area contributed by atoms with Crippen molar-refractivity contribution in [3.8, 4) is 5.75 Å². The molecular weight excluding hydrogens is 370 g/mol. The van der Waals surface area contributed by atoms with E-state index in [9.17, 15) is 13.2 Å². The molecule has 1 atom stereocenters. The number of thiophene rings is 1. The lowest BCUT2D eigenvalue weighted by atomic mass is 10.1. The summed E-state index contributed by atoms with van der Waals surface area (Å²) in [5.74, 6) is 0.768. The van der Waals surface area contributed by atoms with E-state index in [1.165, 1.54) is 11.3 Å². The molecule has 1 aromatic heterocycles. The maximum atomic E-state index is 12.6. The Bertz CT molecular complexity index is 829. The van der Waals surface area contributed by atoms with E-state index in [0.717, 1.165) is 16.2 Å². The van der Waals surface area contributed by atoms with Gasteiger partial charge in [0.25, 0.3) is 0 Å². The Labute approximate surface area is 158 Å². The molecule has 2 aromatic rings. The van der Waals surface area contributed by atoms with Crippen LogP contribution in [0.3, 0.4) is 0 Å².